The molecule has 0 fully saturated rings. The van der Waals surface area contributed by atoms with Crippen LogP contribution >= 0.6 is 0 Å². The molecule has 1 aromatic rings. The fourth-order valence-electron chi connectivity index (χ4n) is 1.50. The molecule has 2 rings (SSSR count). The molecule has 0 saturated heterocycles. The largest absolute Gasteiger partial charge is 0.365 e. The van der Waals surface area contributed by atoms with Gasteiger partial charge in [-0.05, 0) is 12.1 Å². The first-order valence-corrected chi connectivity index (χ1v) is 4.88. The molecular formula is C10H9N5O3. The van der Waals surface area contributed by atoms with Gasteiger partial charge in [0.15, 0.2) is 5.82 Å². The summed E-state index contributed by atoms with van der Waals surface area (Å²) in [6.07, 6.45) is 2.16. The molecule has 92 valence electrons. The number of pyridine rings is 1. The van der Waals surface area contributed by atoms with E-state index >= 15 is 0 Å². The zero-order valence-electron chi connectivity index (χ0n) is 9.08. The second-order valence-corrected chi connectivity index (χ2v) is 3.42. The van der Waals surface area contributed by atoms with E-state index in [-0.39, 0.29) is 17.2 Å². The van der Waals surface area contributed by atoms with Crippen LogP contribution in [0.1, 0.15) is 10.4 Å². The number of imide groups is 1. The summed E-state index contributed by atoms with van der Waals surface area (Å²) in [5, 5.41) is 0. The minimum Gasteiger partial charge on any atom is -0.365 e. The SMILES string of the molecule is NNc1ccc(C(N)=O)c(N2C(=O)C=CC2=O)n1. The quantitative estimate of drug-likeness (QED) is 0.353. The maximum Gasteiger partial charge on any atom is 0.259 e. The number of nitrogens with one attached hydrogen (secondary N) is 1. The maximum atomic E-state index is 11.5. The van der Waals surface area contributed by atoms with Crippen LogP contribution < -0.4 is 21.9 Å². The van der Waals surface area contributed by atoms with Gasteiger partial charge in [0.2, 0.25) is 0 Å². The molecule has 1 aromatic heterocycles. The van der Waals surface area contributed by atoms with Crippen LogP contribution in [-0.4, -0.2) is 22.7 Å². The highest BCUT2D eigenvalue weighted by Crippen LogP contribution is 2.23. The van der Waals surface area contributed by atoms with E-state index in [0.29, 0.717) is 0 Å². The molecule has 5 N–H and O–H groups in total. The first kappa shape index (κ1) is 11.7. The summed E-state index contributed by atoms with van der Waals surface area (Å²) in [5.74, 6) is 3.25. The lowest BCUT2D eigenvalue weighted by molar-refractivity contribution is -0.120. The molecule has 0 saturated carbocycles. The highest BCUT2D eigenvalue weighted by atomic mass is 16.2. The number of rotatable bonds is 3. The average Bonchev–Trinajstić information content (AvgIpc) is 2.68. The molecular weight excluding hydrogens is 238 g/mol. The molecule has 2 heterocycles. The van der Waals surface area contributed by atoms with E-state index in [2.05, 4.69) is 10.4 Å². The molecule has 0 spiro atoms. The zero-order chi connectivity index (χ0) is 13.3. The van der Waals surface area contributed by atoms with Crippen LogP contribution in [0.25, 0.3) is 0 Å². The molecule has 0 aliphatic carbocycles. The summed E-state index contributed by atoms with van der Waals surface area (Å²) in [4.78, 5) is 39.0. The van der Waals surface area contributed by atoms with E-state index in [4.69, 9.17) is 11.6 Å². The Morgan fingerprint density at radius 2 is 1.83 bits per heavy atom. The van der Waals surface area contributed by atoms with Crippen LogP contribution in [0.5, 0.6) is 0 Å². The summed E-state index contributed by atoms with van der Waals surface area (Å²) < 4.78 is 0. The molecule has 0 bridgehead atoms. The van der Waals surface area contributed by atoms with Gasteiger partial charge >= 0.3 is 0 Å². The number of nitrogens with two attached hydrogens (primary N) is 2. The number of hydrogen-bond acceptors (Lipinski definition) is 6. The summed E-state index contributed by atoms with van der Waals surface area (Å²) in [6, 6.07) is 2.74. The number of aromatic nitrogens is 1. The number of carbonyl (C=O) groups is 3. The van der Waals surface area contributed by atoms with Crippen molar-refractivity contribution in [1.29, 1.82) is 0 Å². The third kappa shape index (κ3) is 1.80. The molecule has 1 aliphatic rings. The van der Waals surface area contributed by atoms with Crippen molar-refractivity contribution < 1.29 is 14.4 Å². The Labute approximate surface area is 101 Å². The van der Waals surface area contributed by atoms with E-state index in [1.54, 1.807) is 0 Å². The van der Waals surface area contributed by atoms with Crippen LogP contribution in [-0.2, 0) is 9.59 Å². The Morgan fingerprint density at radius 1 is 1.22 bits per heavy atom. The number of carbonyl (C=O) groups excluding carboxylic acids is 3. The Bertz CT molecular complexity index is 563. The Kier molecular flexibility index (Phi) is 2.78. The van der Waals surface area contributed by atoms with Crippen molar-refractivity contribution in [1.82, 2.24) is 4.98 Å². The smallest absolute Gasteiger partial charge is 0.259 e. The lowest BCUT2D eigenvalue weighted by atomic mass is 10.2. The van der Waals surface area contributed by atoms with Crippen molar-refractivity contribution in [2.45, 2.75) is 0 Å². The van der Waals surface area contributed by atoms with Gasteiger partial charge in [0.05, 0.1) is 5.56 Å². The third-order valence-corrected chi connectivity index (χ3v) is 2.31. The topological polar surface area (TPSA) is 131 Å². The lowest BCUT2D eigenvalue weighted by Crippen LogP contribution is -2.33. The van der Waals surface area contributed by atoms with Gasteiger partial charge in [0, 0.05) is 12.2 Å². The van der Waals surface area contributed by atoms with Crippen LogP contribution in [0.2, 0.25) is 0 Å². The zero-order valence-corrected chi connectivity index (χ0v) is 9.08. The first-order valence-electron chi connectivity index (χ1n) is 4.88. The van der Waals surface area contributed by atoms with Crippen LogP contribution in [0.3, 0.4) is 0 Å². The van der Waals surface area contributed by atoms with Gasteiger partial charge in [0.25, 0.3) is 17.7 Å². The van der Waals surface area contributed by atoms with Crippen molar-refractivity contribution in [2.24, 2.45) is 11.6 Å². The van der Waals surface area contributed by atoms with Gasteiger partial charge in [-0.2, -0.15) is 0 Å². The molecule has 0 radical (unpaired) electrons. The molecule has 0 aromatic carbocycles. The molecule has 1 aliphatic heterocycles. The molecule has 0 unspecified atom stereocenters. The highest BCUT2D eigenvalue weighted by Gasteiger charge is 2.30. The van der Waals surface area contributed by atoms with Crippen LogP contribution in [0.4, 0.5) is 11.6 Å². The second-order valence-electron chi connectivity index (χ2n) is 3.42. The number of nitrogens with zero attached hydrogens (tertiary/aromatic N) is 2. The maximum absolute atomic E-state index is 11.5. The Hall–Kier alpha value is -2.74. The van der Waals surface area contributed by atoms with Gasteiger partial charge in [0.1, 0.15) is 5.82 Å². The van der Waals surface area contributed by atoms with Crippen molar-refractivity contribution in [3.8, 4) is 0 Å². The number of hydrogen-bond donors (Lipinski definition) is 3. The lowest BCUT2D eigenvalue weighted by Gasteiger charge is -2.16. The molecule has 0 atom stereocenters. The molecule has 3 amide bonds. The average molecular weight is 247 g/mol. The molecule has 18 heavy (non-hydrogen) atoms. The summed E-state index contributed by atoms with van der Waals surface area (Å²) in [6.45, 7) is 0. The van der Waals surface area contributed by atoms with Crippen LogP contribution in [0, 0.1) is 0 Å². The fraction of sp³-hybridized carbons (Fsp3) is 0. The van der Waals surface area contributed by atoms with E-state index in [0.717, 1.165) is 17.1 Å². The van der Waals surface area contributed by atoms with Crippen molar-refractivity contribution in [3.05, 3.63) is 29.8 Å². The second kappa shape index (κ2) is 4.26. The van der Waals surface area contributed by atoms with E-state index in [9.17, 15) is 14.4 Å². The molecule has 8 nitrogen and oxygen atoms in total. The van der Waals surface area contributed by atoms with Gasteiger partial charge in [-0.25, -0.2) is 15.7 Å². The minimum absolute atomic E-state index is 0.0422. The normalized spacial score (nSPS) is 14.2. The van der Waals surface area contributed by atoms with Crippen molar-refractivity contribution >= 4 is 29.4 Å². The summed E-state index contributed by atoms with van der Waals surface area (Å²) in [7, 11) is 0. The monoisotopic (exact) mass is 247 g/mol. The third-order valence-electron chi connectivity index (χ3n) is 2.31. The predicted octanol–water partition coefficient (Wildman–Crippen LogP) is -1.10. The van der Waals surface area contributed by atoms with Gasteiger partial charge < -0.3 is 11.2 Å². The predicted molar refractivity (Wildman–Crippen MR) is 62.2 cm³/mol. The number of nitrogen functional groups attached to an aromatic ring is 1. The summed E-state index contributed by atoms with van der Waals surface area (Å²) in [5.41, 5.74) is 7.38. The summed E-state index contributed by atoms with van der Waals surface area (Å²) >= 11 is 0. The number of primary amides is 1. The molecule has 8 heteroatoms. The van der Waals surface area contributed by atoms with Gasteiger partial charge in [-0.1, -0.05) is 0 Å². The van der Waals surface area contributed by atoms with E-state index in [1.165, 1.54) is 12.1 Å². The minimum atomic E-state index is -0.798. The van der Waals surface area contributed by atoms with Crippen LogP contribution in [0.15, 0.2) is 24.3 Å². The van der Waals surface area contributed by atoms with Crippen molar-refractivity contribution in [3.63, 3.8) is 0 Å². The van der Waals surface area contributed by atoms with E-state index in [1.807, 2.05) is 0 Å². The first-order chi connectivity index (χ1) is 8.54. The number of amides is 3. The van der Waals surface area contributed by atoms with Gasteiger partial charge in [-0.15, -0.1) is 0 Å². The number of anilines is 2. The van der Waals surface area contributed by atoms with Crippen molar-refractivity contribution in [2.75, 3.05) is 10.3 Å². The van der Waals surface area contributed by atoms with E-state index < -0.39 is 17.7 Å². The Morgan fingerprint density at radius 3 is 2.33 bits per heavy atom. The highest BCUT2D eigenvalue weighted by molar-refractivity contribution is 6.29. The van der Waals surface area contributed by atoms with Gasteiger partial charge in [-0.3, -0.25) is 14.4 Å². The Balaban J connectivity index is 2.57. The standard InChI is InChI=1S/C10H9N5O3/c11-9(18)5-1-2-6(14-12)13-10(5)15-7(16)3-4-8(15)17/h1-4H,12H2,(H2,11,18)(H,13,14). The number of hydrazine groups is 1. The fourth-order valence-corrected chi connectivity index (χ4v) is 1.50.